The first-order valence-corrected chi connectivity index (χ1v) is 18.6. The number of rotatable bonds is 8. The summed E-state index contributed by atoms with van der Waals surface area (Å²) in [6.45, 7) is 4.57. The molecule has 1 spiro atoms. The van der Waals surface area contributed by atoms with Crippen molar-refractivity contribution in [2.45, 2.75) is 63.1 Å². The lowest BCUT2D eigenvalue weighted by Crippen LogP contribution is -2.54. The Morgan fingerprint density at radius 1 is 1.04 bits per heavy atom. The van der Waals surface area contributed by atoms with Crippen LogP contribution >= 0.6 is 11.6 Å². The first-order valence-electron chi connectivity index (χ1n) is 18.2. The lowest BCUT2D eigenvalue weighted by molar-refractivity contribution is -0.138. The number of benzene rings is 2. The number of aromatic nitrogens is 1. The minimum Gasteiger partial charge on any atom is -0.507 e. The summed E-state index contributed by atoms with van der Waals surface area (Å²) in [5.74, 6) is -3.45. The van der Waals surface area contributed by atoms with Gasteiger partial charge in [-0.3, -0.25) is 24.0 Å². The smallest absolute Gasteiger partial charge is 0.250 e. The highest BCUT2D eigenvalue weighted by Gasteiger charge is 2.61. The van der Waals surface area contributed by atoms with Crippen molar-refractivity contribution in [3.05, 3.63) is 86.0 Å². The summed E-state index contributed by atoms with van der Waals surface area (Å²) in [4.78, 5) is 70.6. The summed E-state index contributed by atoms with van der Waals surface area (Å²) >= 11 is 6.63. The van der Waals surface area contributed by atoms with Gasteiger partial charge in [0, 0.05) is 73.6 Å². The Balaban J connectivity index is 1.11. The van der Waals surface area contributed by atoms with Crippen LogP contribution < -0.4 is 34.6 Å². The standard InChI is InChI=1S/C40H40ClN3O11/c1-19-10-26(45)33(37(48)40(19)38(49)34-29(51-3)14-30(52-4)35(41)36(34)55-40)24(22-8-9-27-28(12-22)54-18-53-27)13-31(46)42-20(2)39(50)43-15-21-11-23(17-43)25-6-5-7-32(47)44(25)16-21/h5-9,12,14,19-21,23-24,48H,10-11,13,15-18H2,1-4H3,(H,42,46)/t19-,20+,21-,23+,24?,40+/m1/s1. The Kier molecular flexibility index (Phi) is 9.06. The molecular formula is C40H40ClN3O11. The molecule has 8 rings (SSSR count). The van der Waals surface area contributed by atoms with E-state index in [4.69, 9.17) is 35.3 Å². The van der Waals surface area contributed by atoms with E-state index in [1.165, 1.54) is 20.3 Å². The topological polar surface area (TPSA) is 172 Å². The molecule has 6 atom stereocenters. The van der Waals surface area contributed by atoms with Crippen molar-refractivity contribution >= 4 is 35.0 Å². The molecule has 5 aliphatic rings. The number of allylic oxidation sites excluding steroid dienone is 1. The number of likely N-dealkylation sites (tertiary alicyclic amines) is 1. The third-order valence-electron chi connectivity index (χ3n) is 11.6. The number of methoxy groups -OCH3 is 2. The number of hydrogen-bond donors (Lipinski definition) is 2. The highest BCUT2D eigenvalue weighted by molar-refractivity contribution is 6.35. The molecule has 0 saturated carbocycles. The van der Waals surface area contributed by atoms with Gasteiger partial charge in [0.2, 0.25) is 30.0 Å². The number of hydrogen-bond acceptors (Lipinski definition) is 11. The van der Waals surface area contributed by atoms with Crippen molar-refractivity contribution in [1.29, 1.82) is 0 Å². The number of piperidine rings is 1. The van der Waals surface area contributed by atoms with Crippen LogP contribution in [0.2, 0.25) is 5.02 Å². The number of amides is 2. The van der Waals surface area contributed by atoms with Crippen molar-refractivity contribution in [2.75, 3.05) is 34.1 Å². The molecule has 2 aromatic carbocycles. The van der Waals surface area contributed by atoms with E-state index >= 15 is 0 Å². The van der Waals surface area contributed by atoms with Gasteiger partial charge in [-0.1, -0.05) is 30.7 Å². The van der Waals surface area contributed by atoms with Crippen LogP contribution in [-0.4, -0.2) is 83.7 Å². The van der Waals surface area contributed by atoms with Crippen LogP contribution in [0.5, 0.6) is 28.7 Å². The second kappa shape index (κ2) is 13.7. The molecule has 2 amide bonds. The van der Waals surface area contributed by atoms with Gasteiger partial charge >= 0.3 is 0 Å². The average molecular weight is 774 g/mol. The fourth-order valence-electron chi connectivity index (χ4n) is 8.95. The van der Waals surface area contributed by atoms with Gasteiger partial charge in [-0.2, -0.15) is 0 Å². The van der Waals surface area contributed by atoms with Gasteiger partial charge in [0.1, 0.15) is 28.1 Å². The molecular weight excluding hydrogens is 734 g/mol. The normalized spacial score (nSPS) is 24.5. The first-order chi connectivity index (χ1) is 26.4. The Hall–Kier alpha value is -5.50. The quantitative estimate of drug-likeness (QED) is 0.334. The summed E-state index contributed by atoms with van der Waals surface area (Å²) < 4.78 is 30.1. The molecule has 15 heteroatoms. The fraction of sp³-hybridized carbons (Fsp3) is 0.425. The molecule has 55 heavy (non-hydrogen) atoms. The third-order valence-corrected chi connectivity index (χ3v) is 11.9. The molecule has 1 aromatic heterocycles. The number of pyridine rings is 1. The van der Waals surface area contributed by atoms with E-state index in [-0.39, 0.29) is 76.3 Å². The molecule has 4 aliphatic heterocycles. The van der Waals surface area contributed by atoms with Crippen molar-refractivity contribution in [3.63, 3.8) is 0 Å². The Morgan fingerprint density at radius 3 is 2.56 bits per heavy atom. The minimum atomic E-state index is -2.07. The van der Waals surface area contributed by atoms with Crippen LogP contribution in [-0.2, 0) is 20.9 Å². The van der Waals surface area contributed by atoms with Crippen molar-refractivity contribution in [1.82, 2.24) is 14.8 Å². The largest absolute Gasteiger partial charge is 0.507 e. The predicted octanol–water partition coefficient (Wildman–Crippen LogP) is 4.31. The first kappa shape index (κ1) is 36.5. The number of halogens is 1. The number of carbonyl (C=O) groups is 4. The van der Waals surface area contributed by atoms with Crippen LogP contribution in [0.25, 0.3) is 0 Å². The van der Waals surface area contributed by atoms with Gasteiger partial charge in [-0.15, -0.1) is 0 Å². The summed E-state index contributed by atoms with van der Waals surface area (Å²) in [5, 5.41) is 15.1. The molecule has 1 saturated heterocycles. The van der Waals surface area contributed by atoms with Crippen molar-refractivity contribution in [3.8, 4) is 28.7 Å². The van der Waals surface area contributed by atoms with E-state index in [9.17, 15) is 29.1 Å². The molecule has 1 aliphatic carbocycles. The van der Waals surface area contributed by atoms with E-state index in [2.05, 4.69) is 5.32 Å². The van der Waals surface area contributed by atoms with Gasteiger partial charge < -0.3 is 43.6 Å². The number of nitrogens with one attached hydrogen (secondary N) is 1. The highest BCUT2D eigenvalue weighted by Crippen LogP contribution is 2.56. The second-order valence-corrected chi connectivity index (χ2v) is 15.2. The van der Waals surface area contributed by atoms with E-state index in [0.717, 1.165) is 12.1 Å². The molecule has 1 fully saturated rings. The van der Waals surface area contributed by atoms with Crippen LogP contribution in [0.15, 0.2) is 58.6 Å². The zero-order chi connectivity index (χ0) is 38.9. The third kappa shape index (κ3) is 5.80. The maximum Gasteiger partial charge on any atom is 0.250 e. The average Bonchev–Trinajstić information content (AvgIpc) is 3.77. The number of nitrogens with zero attached hydrogens (tertiary/aromatic N) is 2. The molecule has 2 bridgehead atoms. The van der Waals surface area contributed by atoms with E-state index in [0.29, 0.717) is 36.7 Å². The number of aliphatic hydroxyl groups is 1. The predicted molar refractivity (Wildman–Crippen MR) is 196 cm³/mol. The zero-order valence-electron chi connectivity index (χ0n) is 30.7. The van der Waals surface area contributed by atoms with E-state index in [1.54, 1.807) is 53.6 Å². The van der Waals surface area contributed by atoms with Gasteiger partial charge in [-0.05, 0) is 43.0 Å². The van der Waals surface area contributed by atoms with Gasteiger partial charge in [0.05, 0.1) is 14.2 Å². The number of ketones is 2. The molecule has 1 unspecified atom stereocenters. The van der Waals surface area contributed by atoms with Gasteiger partial charge in [-0.25, -0.2) is 0 Å². The number of carbonyl (C=O) groups excluding carboxylic acids is 4. The van der Waals surface area contributed by atoms with Gasteiger partial charge in [0.25, 0.3) is 5.56 Å². The number of aliphatic hydroxyl groups excluding tert-OH is 1. The van der Waals surface area contributed by atoms with Crippen LogP contribution in [0.4, 0.5) is 0 Å². The molecule has 3 aromatic rings. The monoisotopic (exact) mass is 773 g/mol. The maximum atomic E-state index is 14.5. The fourth-order valence-corrected chi connectivity index (χ4v) is 9.22. The second-order valence-electron chi connectivity index (χ2n) is 14.9. The summed E-state index contributed by atoms with van der Waals surface area (Å²) in [5.41, 5.74) is -1.00. The summed E-state index contributed by atoms with van der Waals surface area (Å²) in [6, 6.07) is 10.6. The van der Waals surface area contributed by atoms with Gasteiger partial charge in [0.15, 0.2) is 28.8 Å². The number of fused-ring (bicyclic) bond motifs is 6. The maximum absolute atomic E-state index is 14.5. The molecule has 0 radical (unpaired) electrons. The summed E-state index contributed by atoms with van der Waals surface area (Å²) in [6.07, 6.45) is 0.273. The van der Waals surface area contributed by atoms with Crippen LogP contribution in [0, 0.1) is 11.8 Å². The Morgan fingerprint density at radius 2 is 1.80 bits per heavy atom. The lowest BCUT2D eigenvalue weighted by Gasteiger charge is -2.43. The van der Waals surface area contributed by atoms with Crippen molar-refractivity contribution < 1.29 is 48.0 Å². The van der Waals surface area contributed by atoms with E-state index < -0.39 is 46.7 Å². The Labute approximate surface area is 320 Å². The van der Waals surface area contributed by atoms with E-state index in [1.807, 2.05) is 6.07 Å². The Bertz CT molecular complexity index is 2250. The molecule has 5 heterocycles. The zero-order valence-corrected chi connectivity index (χ0v) is 31.4. The van der Waals surface area contributed by atoms with Crippen LogP contribution in [0.1, 0.15) is 66.6 Å². The molecule has 14 nitrogen and oxygen atoms in total. The lowest BCUT2D eigenvalue weighted by atomic mass is 9.69. The molecule has 2 N–H and O–H groups in total. The minimum absolute atomic E-state index is 0.00632. The van der Waals surface area contributed by atoms with Crippen LogP contribution in [0.3, 0.4) is 0 Å². The molecule has 288 valence electrons. The summed E-state index contributed by atoms with van der Waals surface area (Å²) in [7, 11) is 2.77. The highest BCUT2D eigenvalue weighted by atomic mass is 35.5. The number of Topliss-reactive ketones (excluding diaryl/α,β-unsaturated/α-hetero) is 2. The SMILES string of the molecule is COc1cc(OC)c2c(c1Cl)O[C@]1(C2=O)C(O)=C(C(CC(=O)N[C@@H](C)C(=O)N2C[C@H]3C[C@@H](C2)c2cccc(=O)n2C3)c2ccc3c(c2)OCO3)C(=O)C[C@H]1C. The van der Waals surface area contributed by atoms with Crippen molar-refractivity contribution in [2.24, 2.45) is 11.8 Å². The number of ether oxygens (including phenoxy) is 5.